The maximum Gasteiger partial charge on any atom is 0.272 e. The molecule has 0 aliphatic rings. The van der Waals surface area contributed by atoms with Crippen molar-refractivity contribution in [3.63, 3.8) is 0 Å². The van der Waals surface area contributed by atoms with Crippen LogP contribution in [0.3, 0.4) is 0 Å². The zero-order valence-electron chi connectivity index (χ0n) is 14.2. The van der Waals surface area contributed by atoms with Crippen LogP contribution < -0.4 is 11.3 Å². The molecule has 0 aliphatic carbocycles. The smallest absolute Gasteiger partial charge is 0.272 e. The van der Waals surface area contributed by atoms with Gasteiger partial charge in [-0.25, -0.2) is 10.1 Å². The molecule has 2 aromatic carbocycles. The van der Waals surface area contributed by atoms with E-state index in [0.29, 0.717) is 17.8 Å². The van der Waals surface area contributed by atoms with E-state index in [-0.39, 0.29) is 5.56 Å². The number of hydrogen-bond acceptors (Lipinski definition) is 5. The highest BCUT2D eigenvalue weighted by atomic mass is 16.3. The number of imidazole rings is 1. The number of nitrogens with one attached hydrogen (secondary N) is 2. The number of nitrogens with two attached hydrogens (primary N) is 1. The van der Waals surface area contributed by atoms with Crippen LogP contribution in [0.4, 0.5) is 5.95 Å². The van der Waals surface area contributed by atoms with Gasteiger partial charge >= 0.3 is 0 Å². The Hall–Kier alpha value is -3.87. The molecule has 7 heteroatoms. The second-order valence-corrected chi connectivity index (χ2v) is 6.39. The number of aromatic nitrogens is 4. The molecule has 0 bridgehead atoms. The number of hydrogen-bond donors (Lipinski definition) is 3. The van der Waals surface area contributed by atoms with Crippen molar-refractivity contribution in [3.8, 4) is 11.3 Å². The molecule has 0 radical (unpaired) electrons. The minimum absolute atomic E-state index is 0.186. The van der Waals surface area contributed by atoms with Crippen molar-refractivity contribution in [2.75, 3.05) is 5.73 Å². The zero-order chi connectivity index (χ0) is 18.4. The minimum atomic E-state index is -0.186. The van der Waals surface area contributed by atoms with Gasteiger partial charge in [-0.2, -0.15) is 5.10 Å². The summed E-state index contributed by atoms with van der Waals surface area (Å²) in [6.45, 7) is 0. The Morgan fingerprint density at radius 3 is 2.81 bits per heavy atom. The fourth-order valence-electron chi connectivity index (χ4n) is 3.30. The number of rotatable bonds is 3. The zero-order valence-corrected chi connectivity index (χ0v) is 14.2. The molecule has 5 rings (SSSR count). The molecule has 3 heterocycles. The van der Waals surface area contributed by atoms with Gasteiger partial charge in [-0.05, 0) is 35.9 Å². The molecule has 7 nitrogen and oxygen atoms in total. The van der Waals surface area contributed by atoms with Gasteiger partial charge < -0.3 is 15.1 Å². The van der Waals surface area contributed by atoms with E-state index in [0.717, 1.165) is 39.0 Å². The van der Waals surface area contributed by atoms with Crippen molar-refractivity contribution in [1.82, 2.24) is 20.2 Å². The molecular formula is C20H15N5O2. The molecule has 0 amide bonds. The minimum Gasteiger partial charge on any atom is -0.464 e. The highest BCUT2D eigenvalue weighted by Gasteiger charge is 2.11. The van der Waals surface area contributed by atoms with Gasteiger partial charge in [-0.1, -0.05) is 18.2 Å². The van der Waals surface area contributed by atoms with Gasteiger partial charge in [0, 0.05) is 17.4 Å². The lowest BCUT2D eigenvalue weighted by Crippen LogP contribution is -2.11. The van der Waals surface area contributed by atoms with Crippen molar-refractivity contribution in [3.05, 3.63) is 76.4 Å². The van der Waals surface area contributed by atoms with Crippen molar-refractivity contribution >= 4 is 27.8 Å². The summed E-state index contributed by atoms with van der Waals surface area (Å²) in [7, 11) is 0. The fourth-order valence-corrected chi connectivity index (χ4v) is 3.30. The van der Waals surface area contributed by atoms with Gasteiger partial charge in [0.15, 0.2) is 5.95 Å². The van der Waals surface area contributed by atoms with E-state index < -0.39 is 0 Å². The standard InChI is InChI=1S/C20H15N5O2/c21-20-22-15-6-5-12(9-17(15)23-20)18-8-11(10-27-18)7-16-13-3-1-2-4-14(13)19(26)25-24-16/h1-6,8-10H,7H2,(H,25,26)(H3,21,22,23). The number of nitrogen functional groups attached to an aromatic ring is 1. The van der Waals surface area contributed by atoms with Crippen molar-refractivity contribution in [2.45, 2.75) is 6.42 Å². The van der Waals surface area contributed by atoms with E-state index in [1.165, 1.54) is 0 Å². The summed E-state index contributed by atoms with van der Waals surface area (Å²) in [5, 5.41) is 8.26. The Kier molecular flexibility index (Phi) is 3.33. The Balaban J connectivity index is 1.50. The first-order valence-corrected chi connectivity index (χ1v) is 8.47. The molecule has 3 aromatic heterocycles. The van der Waals surface area contributed by atoms with Crippen molar-refractivity contribution < 1.29 is 4.42 Å². The topological polar surface area (TPSA) is 114 Å². The molecular weight excluding hydrogens is 342 g/mol. The number of fused-ring (bicyclic) bond motifs is 2. The summed E-state index contributed by atoms with van der Waals surface area (Å²) in [5.74, 6) is 1.13. The number of aromatic amines is 2. The molecule has 0 aliphatic heterocycles. The molecule has 0 unspecified atom stereocenters. The number of anilines is 1. The van der Waals surface area contributed by atoms with E-state index in [4.69, 9.17) is 10.2 Å². The van der Waals surface area contributed by atoms with Crippen molar-refractivity contribution in [2.24, 2.45) is 0 Å². The molecule has 27 heavy (non-hydrogen) atoms. The second kappa shape index (κ2) is 5.84. The predicted molar refractivity (Wildman–Crippen MR) is 103 cm³/mol. The van der Waals surface area contributed by atoms with E-state index in [2.05, 4.69) is 20.2 Å². The Morgan fingerprint density at radius 1 is 1.07 bits per heavy atom. The van der Waals surface area contributed by atoms with Crippen LogP contribution in [0.15, 0.2) is 64.0 Å². The Bertz CT molecular complexity index is 1350. The largest absolute Gasteiger partial charge is 0.464 e. The number of H-pyrrole nitrogens is 2. The summed E-state index contributed by atoms with van der Waals surface area (Å²) in [4.78, 5) is 19.1. The molecule has 0 atom stereocenters. The van der Waals surface area contributed by atoms with Gasteiger partial charge in [0.2, 0.25) is 0 Å². The van der Waals surface area contributed by atoms with Gasteiger partial charge in [0.25, 0.3) is 5.56 Å². The SMILES string of the molecule is Nc1nc2ccc(-c3cc(Cc4n[nH]c(=O)c5ccccc45)co3)cc2[nH]1. The van der Waals surface area contributed by atoms with Crippen LogP contribution in [0.25, 0.3) is 33.1 Å². The Labute approximate surface area is 152 Å². The van der Waals surface area contributed by atoms with Gasteiger partial charge in [-0.3, -0.25) is 4.79 Å². The molecule has 5 aromatic rings. The van der Waals surface area contributed by atoms with Crippen LogP contribution in [-0.4, -0.2) is 20.2 Å². The van der Waals surface area contributed by atoms with E-state index in [1.54, 1.807) is 12.3 Å². The summed E-state index contributed by atoms with van der Waals surface area (Å²) >= 11 is 0. The summed E-state index contributed by atoms with van der Waals surface area (Å²) in [6.07, 6.45) is 2.27. The molecule has 4 N–H and O–H groups in total. The molecule has 0 saturated carbocycles. The Morgan fingerprint density at radius 2 is 1.93 bits per heavy atom. The maximum atomic E-state index is 11.9. The average molecular weight is 357 g/mol. The van der Waals surface area contributed by atoms with E-state index >= 15 is 0 Å². The van der Waals surface area contributed by atoms with Gasteiger partial charge in [-0.15, -0.1) is 0 Å². The predicted octanol–water partition coefficient (Wildman–Crippen LogP) is 3.23. The number of furan rings is 1. The second-order valence-electron chi connectivity index (χ2n) is 6.39. The average Bonchev–Trinajstić information content (AvgIpc) is 3.29. The lowest BCUT2D eigenvalue weighted by atomic mass is 10.1. The summed E-state index contributed by atoms with van der Waals surface area (Å²) < 4.78 is 5.75. The fraction of sp³-hybridized carbons (Fsp3) is 0.0500. The first-order valence-electron chi connectivity index (χ1n) is 8.47. The third-order valence-corrected chi connectivity index (χ3v) is 4.59. The monoisotopic (exact) mass is 357 g/mol. The van der Waals surface area contributed by atoms with E-state index in [9.17, 15) is 4.79 Å². The lowest BCUT2D eigenvalue weighted by molar-refractivity contribution is 0.579. The lowest BCUT2D eigenvalue weighted by Gasteiger charge is -2.02. The van der Waals surface area contributed by atoms with Crippen LogP contribution in [-0.2, 0) is 6.42 Å². The molecule has 0 spiro atoms. The van der Waals surface area contributed by atoms with Crippen molar-refractivity contribution in [1.29, 1.82) is 0 Å². The maximum absolute atomic E-state index is 11.9. The third-order valence-electron chi connectivity index (χ3n) is 4.59. The van der Waals surface area contributed by atoms with E-state index in [1.807, 2.05) is 42.5 Å². The van der Waals surface area contributed by atoms with Crippen LogP contribution >= 0.6 is 0 Å². The molecule has 132 valence electrons. The van der Waals surface area contributed by atoms with Crippen LogP contribution in [0.2, 0.25) is 0 Å². The van der Waals surface area contributed by atoms with Crippen LogP contribution in [0, 0.1) is 0 Å². The first-order chi connectivity index (χ1) is 13.2. The molecule has 0 saturated heterocycles. The summed E-state index contributed by atoms with van der Waals surface area (Å²) in [6, 6.07) is 15.2. The van der Waals surface area contributed by atoms with Gasteiger partial charge in [0.1, 0.15) is 5.76 Å². The first kappa shape index (κ1) is 15.4. The van der Waals surface area contributed by atoms with Gasteiger partial charge in [0.05, 0.1) is 28.4 Å². The summed E-state index contributed by atoms with van der Waals surface area (Å²) in [5.41, 5.74) is 9.89. The van der Waals surface area contributed by atoms with Crippen LogP contribution in [0.5, 0.6) is 0 Å². The highest BCUT2D eigenvalue weighted by molar-refractivity contribution is 5.84. The molecule has 0 fully saturated rings. The van der Waals surface area contributed by atoms with Crippen LogP contribution in [0.1, 0.15) is 11.3 Å². The normalized spacial score (nSPS) is 11.4. The highest BCUT2D eigenvalue weighted by Crippen LogP contribution is 2.27. The third kappa shape index (κ3) is 2.65. The number of benzene rings is 2. The quantitative estimate of drug-likeness (QED) is 0.459. The number of nitrogens with zero attached hydrogens (tertiary/aromatic N) is 2.